The van der Waals surface area contributed by atoms with Crippen LogP contribution in [-0.4, -0.2) is 17.0 Å². The Morgan fingerprint density at radius 2 is 1.57 bits per heavy atom. The van der Waals surface area contributed by atoms with Crippen molar-refractivity contribution < 1.29 is 0 Å². The normalized spacial score (nSPS) is 20.9. The van der Waals surface area contributed by atoms with E-state index in [1.165, 1.54) is 37.1 Å². The van der Waals surface area contributed by atoms with Gasteiger partial charge in [-0.05, 0) is 31.7 Å². The van der Waals surface area contributed by atoms with Gasteiger partial charge in [-0.2, -0.15) is 0 Å². The molecule has 0 bridgehead atoms. The zero-order chi connectivity index (χ0) is 9.54. The Morgan fingerprint density at radius 1 is 1.07 bits per heavy atom. The van der Waals surface area contributed by atoms with Crippen LogP contribution in [0.3, 0.4) is 0 Å². The lowest BCUT2D eigenvalue weighted by Crippen LogP contribution is -2.02. The molecule has 1 N–H and O–H groups in total. The average Bonchev–Trinajstić information content (AvgIpc) is 3.07. The first kappa shape index (κ1) is 8.21. The average molecular weight is 189 g/mol. The third-order valence-electron chi connectivity index (χ3n) is 2.98. The molecule has 2 saturated carbocycles. The maximum atomic E-state index is 4.50. The van der Waals surface area contributed by atoms with Crippen molar-refractivity contribution in [3.8, 4) is 0 Å². The molecule has 1 aromatic rings. The first-order valence-electron chi connectivity index (χ1n) is 5.43. The van der Waals surface area contributed by atoms with Gasteiger partial charge in [-0.25, -0.2) is 9.97 Å². The van der Waals surface area contributed by atoms with Gasteiger partial charge >= 0.3 is 0 Å². The van der Waals surface area contributed by atoms with Crippen LogP contribution in [0.25, 0.3) is 0 Å². The summed E-state index contributed by atoms with van der Waals surface area (Å²) in [6, 6.07) is 2.22. The fraction of sp³-hybridized carbons (Fsp3) is 0.636. The van der Waals surface area contributed by atoms with Crippen molar-refractivity contribution in [3.05, 3.63) is 17.5 Å². The molecule has 0 radical (unpaired) electrons. The number of nitrogens with one attached hydrogen (secondary N) is 1. The number of nitrogens with zero attached hydrogens (tertiary/aromatic N) is 2. The van der Waals surface area contributed by atoms with Crippen molar-refractivity contribution in [1.82, 2.24) is 9.97 Å². The third kappa shape index (κ3) is 1.47. The second-order valence-corrected chi connectivity index (χ2v) is 4.34. The standard InChI is InChI=1S/C11H15N3/c1-12-11-13-9(7-2-3-7)6-10(14-11)8-4-5-8/h6-8H,2-5H2,1H3,(H,12,13,14). The smallest absolute Gasteiger partial charge is 0.222 e. The fourth-order valence-corrected chi connectivity index (χ4v) is 1.77. The minimum atomic E-state index is 0.725. The first-order valence-corrected chi connectivity index (χ1v) is 5.43. The lowest BCUT2D eigenvalue weighted by molar-refractivity contribution is 0.926. The summed E-state index contributed by atoms with van der Waals surface area (Å²) in [6.45, 7) is 0. The minimum Gasteiger partial charge on any atom is -0.357 e. The molecule has 3 heteroatoms. The van der Waals surface area contributed by atoms with Gasteiger partial charge in [-0.15, -0.1) is 0 Å². The van der Waals surface area contributed by atoms with Crippen LogP contribution in [0.15, 0.2) is 6.07 Å². The van der Waals surface area contributed by atoms with E-state index >= 15 is 0 Å². The maximum absolute atomic E-state index is 4.50. The molecule has 0 spiro atoms. The molecule has 0 saturated heterocycles. The molecule has 1 heterocycles. The topological polar surface area (TPSA) is 37.8 Å². The van der Waals surface area contributed by atoms with E-state index < -0.39 is 0 Å². The number of hydrogen-bond donors (Lipinski definition) is 1. The predicted octanol–water partition coefficient (Wildman–Crippen LogP) is 2.27. The largest absolute Gasteiger partial charge is 0.357 e. The molecule has 2 aliphatic rings. The Morgan fingerprint density at radius 3 is 1.93 bits per heavy atom. The molecule has 3 nitrogen and oxygen atoms in total. The van der Waals surface area contributed by atoms with E-state index in [9.17, 15) is 0 Å². The van der Waals surface area contributed by atoms with E-state index in [0.717, 1.165) is 17.8 Å². The van der Waals surface area contributed by atoms with Crippen molar-refractivity contribution in [2.75, 3.05) is 12.4 Å². The molecule has 0 atom stereocenters. The summed E-state index contributed by atoms with van der Waals surface area (Å²) < 4.78 is 0. The number of aromatic nitrogens is 2. The summed E-state index contributed by atoms with van der Waals surface area (Å²) in [4.78, 5) is 9.00. The van der Waals surface area contributed by atoms with Crippen LogP contribution in [-0.2, 0) is 0 Å². The highest BCUT2D eigenvalue weighted by atomic mass is 15.1. The van der Waals surface area contributed by atoms with Crippen LogP contribution < -0.4 is 5.32 Å². The Balaban J connectivity index is 1.97. The molecule has 0 unspecified atom stereocenters. The summed E-state index contributed by atoms with van der Waals surface area (Å²) in [6.07, 6.45) is 5.24. The second-order valence-electron chi connectivity index (χ2n) is 4.34. The zero-order valence-corrected chi connectivity index (χ0v) is 8.45. The molecule has 3 rings (SSSR count). The minimum absolute atomic E-state index is 0.725. The number of hydrogen-bond acceptors (Lipinski definition) is 3. The van der Waals surface area contributed by atoms with Crippen LogP contribution in [0.2, 0.25) is 0 Å². The Bertz CT molecular complexity index is 323. The predicted molar refractivity (Wildman–Crippen MR) is 55.5 cm³/mol. The highest BCUT2D eigenvalue weighted by Crippen LogP contribution is 2.43. The van der Waals surface area contributed by atoms with E-state index in [0.29, 0.717) is 0 Å². The molecule has 74 valence electrons. The highest BCUT2D eigenvalue weighted by molar-refractivity contribution is 5.32. The Kier molecular flexibility index (Phi) is 1.72. The molecule has 2 aliphatic carbocycles. The van der Waals surface area contributed by atoms with Gasteiger partial charge in [0.1, 0.15) is 0 Å². The quantitative estimate of drug-likeness (QED) is 0.792. The molecular formula is C11H15N3. The third-order valence-corrected chi connectivity index (χ3v) is 2.98. The van der Waals surface area contributed by atoms with Crippen LogP contribution >= 0.6 is 0 Å². The van der Waals surface area contributed by atoms with E-state index in [-0.39, 0.29) is 0 Å². The summed E-state index contributed by atoms with van der Waals surface area (Å²) in [5, 5.41) is 3.05. The lowest BCUT2D eigenvalue weighted by atomic mass is 10.2. The number of rotatable bonds is 3. The van der Waals surface area contributed by atoms with Gasteiger partial charge in [0.2, 0.25) is 5.95 Å². The Labute approximate surface area is 84.0 Å². The van der Waals surface area contributed by atoms with E-state index in [4.69, 9.17) is 0 Å². The van der Waals surface area contributed by atoms with Crippen LogP contribution in [0.1, 0.15) is 48.9 Å². The summed E-state index contributed by atoms with van der Waals surface area (Å²) in [5.41, 5.74) is 2.51. The van der Waals surface area contributed by atoms with Gasteiger partial charge in [0, 0.05) is 30.3 Å². The fourth-order valence-electron chi connectivity index (χ4n) is 1.77. The van der Waals surface area contributed by atoms with Crippen molar-refractivity contribution in [2.24, 2.45) is 0 Å². The molecule has 0 aliphatic heterocycles. The summed E-state index contributed by atoms with van der Waals surface area (Å²) >= 11 is 0. The Hall–Kier alpha value is -1.12. The zero-order valence-electron chi connectivity index (χ0n) is 8.45. The molecule has 2 fully saturated rings. The summed E-state index contributed by atoms with van der Waals surface area (Å²) in [7, 11) is 1.89. The van der Waals surface area contributed by atoms with Gasteiger partial charge < -0.3 is 5.32 Å². The molecule has 14 heavy (non-hydrogen) atoms. The van der Waals surface area contributed by atoms with Gasteiger partial charge in [-0.3, -0.25) is 0 Å². The van der Waals surface area contributed by atoms with Gasteiger partial charge in [0.15, 0.2) is 0 Å². The van der Waals surface area contributed by atoms with Gasteiger partial charge in [0.05, 0.1) is 0 Å². The van der Waals surface area contributed by atoms with Crippen LogP contribution in [0, 0.1) is 0 Å². The first-order chi connectivity index (χ1) is 6.86. The lowest BCUT2D eigenvalue weighted by Gasteiger charge is -2.05. The summed E-state index contributed by atoms with van der Waals surface area (Å²) in [5.74, 6) is 2.25. The monoisotopic (exact) mass is 189 g/mol. The van der Waals surface area contributed by atoms with Crippen molar-refractivity contribution >= 4 is 5.95 Å². The molecule has 0 aromatic carbocycles. The van der Waals surface area contributed by atoms with E-state index in [2.05, 4.69) is 21.4 Å². The molecule has 0 amide bonds. The number of anilines is 1. The molecular weight excluding hydrogens is 174 g/mol. The van der Waals surface area contributed by atoms with Crippen molar-refractivity contribution in [2.45, 2.75) is 37.5 Å². The van der Waals surface area contributed by atoms with Gasteiger partial charge in [0.25, 0.3) is 0 Å². The second kappa shape index (κ2) is 2.94. The maximum Gasteiger partial charge on any atom is 0.222 e. The SMILES string of the molecule is CNc1nc(C2CC2)cc(C2CC2)n1. The highest BCUT2D eigenvalue weighted by Gasteiger charge is 2.30. The van der Waals surface area contributed by atoms with E-state index in [1.807, 2.05) is 7.05 Å². The molecule has 1 aromatic heterocycles. The van der Waals surface area contributed by atoms with Crippen LogP contribution in [0.5, 0.6) is 0 Å². The van der Waals surface area contributed by atoms with E-state index in [1.54, 1.807) is 0 Å². The van der Waals surface area contributed by atoms with Gasteiger partial charge in [-0.1, -0.05) is 0 Å². The van der Waals surface area contributed by atoms with Crippen molar-refractivity contribution in [3.63, 3.8) is 0 Å². The van der Waals surface area contributed by atoms with Crippen molar-refractivity contribution in [1.29, 1.82) is 0 Å². The van der Waals surface area contributed by atoms with Crippen LogP contribution in [0.4, 0.5) is 5.95 Å².